The summed E-state index contributed by atoms with van der Waals surface area (Å²) in [5.74, 6) is 0. The quantitative estimate of drug-likeness (QED) is 0.139. The van der Waals surface area contributed by atoms with Gasteiger partial charge >= 0.3 is 0 Å². The van der Waals surface area contributed by atoms with Crippen molar-refractivity contribution >= 4 is 49.4 Å². The van der Waals surface area contributed by atoms with Gasteiger partial charge in [0.1, 0.15) is 0 Å². The molecule has 11 aromatic rings. The molecule has 0 spiro atoms. The number of rotatable bonds is 8. The van der Waals surface area contributed by atoms with Crippen LogP contribution in [0.25, 0.3) is 88.0 Å². The molecule has 0 bridgehead atoms. The Morgan fingerprint density at radius 3 is 1.49 bits per heavy atom. The van der Waals surface area contributed by atoms with Crippen LogP contribution in [-0.2, 0) is 0 Å². The molecule has 0 amide bonds. The van der Waals surface area contributed by atoms with Gasteiger partial charge in [0.25, 0.3) is 0 Å². The van der Waals surface area contributed by atoms with Crippen LogP contribution >= 0.6 is 0 Å². The van der Waals surface area contributed by atoms with Gasteiger partial charge in [0.15, 0.2) is 0 Å². The Kier molecular flexibility index (Phi) is 9.26. The fourth-order valence-electron chi connectivity index (χ4n) is 9.10. The summed E-state index contributed by atoms with van der Waals surface area (Å²) in [5, 5.41) is 7.38. The average Bonchev–Trinajstić information content (AvgIpc) is 3.35. The standard InChI is InChI=1S/C60H41N/c1-4-17-42(18-5-1)45-33-36-51(37-34-45)61(58-38-35-48(43-19-6-2-7-20-43)40-56(58)46-22-8-3-9-23-46)59-30-16-29-53(50-32-31-44-21-10-11-24-47(44)39-50)60(59)57-41-49-25-12-13-26-52(49)54-27-14-15-28-55(54)57/h1-41H. The highest BCUT2D eigenvalue weighted by Crippen LogP contribution is 2.51. The summed E-state index contributed by atoms with van der Waals surface area (Å²) in [7, 11) is 0. The molecule has 0 aromatic heterocycles. The second kappa shape index (κ2) is 15.6. The summed E-state index contributed by atoms with van der Waals surface area (Å²) in [5.41, 5.74) is 15.0. The molecule has 0 saturated carbocycles. The number of anilines is 3. The summed E-state index contributed by atoms with van der Waals surface area (Å²) < 4.78 is 0. The van der Waals surface area contributed by atoms with Gasteiger partial charge in [-0.3, -0.25) is 0 Å². The Morgan fingerprint density at radius 1 is 0.230 bits per heavy atom. The van der Waals surface area contributed by atoms with Crippen molar-refractivity contribution in [2.24, 2.45) is 0 Å². The van der Waals surface area contributed by atoms with Crippen LogP contribution in [0.2, 0.25) is 0 Å². The minimum atomic E-state index is 1.08. The first-order valence-corrected chi connectivity index (χ1v) is 21.0. The smallest absolute Gasteiger partial charge is 0.0546 e. The second-order valence-electron chi connectivity index (χ2n) is 15.7. The maximum Gasteiger partial charge on any atom is 0.0546 e. The highest BCUT2D eigenvalue weighted by molar-refractivity contribution is 6.17. The van der Waals surface area contributed by atoms with Crippen LogP contribution in [0, 0.1) is 0 Å². The summed E-state index contributed by atoms with van der Waals surface area (Å²) in [6.07, 6.45) is 0. The maximum absolute atomic E-state index is 2.50. The predicted molar refractivity (Wildman–Crippen MR) is 261 cm³/mol. The van der Waals surface area contributed by atoms with Gasteiger partial charge in [0.2, 0.25) is 0 Å². The topological polar surface area (TPSA) is 3.24 Å². The third kappa shape index (κ3) is 6.73. The normalized spacial score (nSPS) is 11.3. The molecular weight excluding hydrogens is 735 g/mol. The van der Waals surface area contributed by atoms with E-state index in [2.05, 4.69) is 254 Å². The summed E-state index contributed by atoms with van der Waals surface area (Å²) >= 11 is 0. The first kappa shape index (κ1) is 36.1. The van der Waals surface area contributed by atoms with Gasteiger partial charge < -0.3 is 4.90 Å². The van der Waals surface area contributed by atoms with Crippen molar-refractivity contribution in [2.45, 2.75) is 0 Å². The lowest BCUT2D eigenvalue weighted by atomic mass is 9.86. The van der Waals surface area contributed by atoms with E-state index in [1.807, 2.05) is 0 Å². The molecule has 0 fully saturated rings. The van der Waals surface area contributed by atoms with Crippen molar-refractivity contribution in [2.75, 3.05) is 4.90 Å². The molecule has 0 atom stereocenters. The van der Waals surface area contributed by atoms with Crippen LogP contribution in [0.5, 0.6) is 0 Å². The van der Waals surface area contributed by atoms with Crippen molar-refractivity contribution in [1.29, 1.82) is 0 Å². The van der Waals surface area contributed by atoms with Gasteiger partial charge in [-0.2, -0.15) is 0 Å². The number of fused-ring (bicyclic) bond motifs is 4. The Labute approximate surface area is 357 Å². The Balaban J connectivity index is 1.25. The van der Waals surface area contributed by atoms with Crippen LogP contribution in [0.15, 0.2) is 249 Å². The molecule has 11 aromatic carbocycles. The minimum absolute atomic E-state index is 1.08. The zero-order valence-corrected chi connectivity index (χ0v) is 33.6. The van der Waals surface area contributed by atoms with Crippen LogP contribution in [0.1, 0.15) is 0 Å². The SMILES string of the molecule is c1ccc(-c2ccc(N(c3ccc(-c4ccccc4)cc3-c3ccccc3)c3cccc(-c4ccc5ccccc5c4)c3-c3cc4ccccc4c4ccccc34)cc2)cc1. The number of hydrogen-bond donors (Lipinski definition) is 0. The molecule has 1 nitrogen and oxygen atoms in total. The zero-order chi connectivity index (χ0) is 40.5. The molecule has 0 N–H and O–H groups in total. The summed E-state index contributed by atoms with van der Waals surface area (Å²) in [6.45, 7) is 0. The van der Waals surface area contributed by atoms with E-state index in [1.165, 1.54) is 76.8 Å². The van der Waals surface area contributed by atoms with Gasteiger partial charge in [0.05, 0.1) is 11.4 Å². The van der Waals surface area contributed by atoms with E-state index in [0.717, 1.165) is 28.2 Å². The highest BCUT2D eigenvalue weighted by Gasteiger charge is 2.25. The Bertz CT molecular complexity index is 3330. The summed E-state index contributed by atoms with van der Waals surface area (Å²) in [4.78, 5) is 2.50. The summed E-state index contributed by atoms with van der Waals surface area (Å²) in [6, 6.07) is 90.8. The van der Waals surface area contributed by atoms with Crippen molar-refractivity contribution in [3.05, 3.63) is 249 Å². The first-order chi connectivity index (χ1) is 30.3. The fraction of sp³-hybridized carbons (Fsp3) is 0. The van der Waals surface area contributed by atoms with E-state index in [9.17, 15) is 0 Å². The van der Waals surface area contributed by atoms with Crippen LogP contribution < -0.4 is 4.90 Å². The monoisotopic (exact) mass is 775 g/mol. The Hall–Kier alpha value is -8.00. The van der Waals surface area contributed by atoms with Crippen LogP contribution in [0.4, 0.5) is 17.1 Å². The first-order valence-electron chi connectivity index (χ1n) is 21.0. The maximum atomic E-state index is 2.50. The molecule has 0 aliphatic carbocycles. The molecule has 61 heavy (non-hydrogen) atoms. The van der Waals surface area contributed by atoms with E-state index in [4.69, 9.17) is 0 Å². The minimum Gasteiger partial charge on any atom is -0.309 e. The molecule has 1 heteroatoms. The molecular formula is C60H41N. The molecule has 0 heterocycles. The molecule has 11 rings (SSSR count). The van der Waals surface area contributed by atoms with E-state index in [1.54, 1.807) is 0 Å². The van der Waals surface area contributed by atoms with E-state index in [0.29, 0.717) is 0 Å². The largest absolute Gasteiger partial charge is 0.309 e. The lowest BCUT2D eigenvalue weighted by molar-refractivity contribution is 1.28. The van der Waals surface area contributed by atoms with E-state index >= 15 is 0 Å². The van der Waals surface area contributed by atoms with Crippen molar-refractivity contribution in [3.63, 3.8) is 0 Å². The number of hydrogen-bond acceptors (Lipinski definition) is 1. The molecule has 0 aliphatic rings. The van der Waals surface area contributed by atoms with Crippen LogP contribution in [0.3, 0.4) is 0 Å². The molecule has 0 saturated heterocycles. The van der Waals surface area contributed by atoms with E-state index in [-0.39, 0.29) is 0 Å². The van der Waals surface area contributed by atoms with Crippen molar-refractivity contribution in [1.82, 2.24) is 0 Å². The zero-order valence-electron chi connectivity index (χ0n) is 33.6. The number of nitrogens with zero attached hydrogens (tertiary/aromatic N) is 1. The van der Waals surface area contributed by atoms with Gasteiger partial charge in [-0.15, -0.1) is 0 Å². The van der Waals surface area contributed by atoms with Crippen molar-refractivity contribution < 1.29 is 0 Å². The lowest BCUT2D eigenvalue weighted by Gasteiger charge is -2.32. The average molecular weight is 776 g/mol. The molecule has 0 unspecified atom stereocenters. The molecule has 286 valence electrons. The van der Waals surface area contributed by atoms with Crippen LogP contribution in [-0.4, -0.2) is 0 Å². The second-order valence-corrected chi connectivity index (χ2v) is 15.7. The van der Waals surface area contributed by atoms with E-state index < -0.39 is 0 Å². The van der Waals surface area contributed by atoms with Gasteiger partial charge in [0, 0.05) is 16.8 Å². The Morgan fingerprint density at radius 2 is 0.770 bits per heavy atom. The third-order valence-electron chi connectivity index (χ3n) is 12.0. The molecule has 0 radical (unpaired) electrons. The van der Waals surface area contributed by atoms with Gasteiger partial charge in [-0.25, -0.2) is 0 Å². The van der Waals surface area contributed by atoms with Crippen molar-refractivity contribution in [3.8, 4) is 55.6 Å². The third-order valence-corrected chi connectivity index (χ3v) is 12.0. The highest BCUT2D eigenvalue weighted by atomic mass is 15.1. The number of benzene rings is 11. The lowest BCUT2D eigenvalue weighted by Crippen LogP contribution is -2.13. The molecule has 0 aliphatic heterocycles. The fourth-order valence-corrected chi connectivity index (χ4v) is 9.10. The predicted octanol–water partition coefficient (Wildman–Crippen LogP) is 17.0. The van der Waals surface area contributed by atoms with Gasteiger partial charge in [-0.1, -0.05) is 206 Å². The van der Waals surface area contributed by atoms with Gasteiger partial charge in [-0.05, 0) is 119 Å².